The van der Waals surface area contributed by atoms with Crippen LogP contribution in [-0.2, 0) is 0 Å². The first-order valence-electron chi connectivity index (χ1n) is 2.86. The Balaban J connectivity index is 0.000001000. The molecule has 0 atom stereocenters. The number of benzene rings is 1. The molecule has 0 aliphatic rings. The molecular formula is C7H9NNaOS. The average Bonchev–Trinajstić information content (AvgIpc) is 1.95. The van der Waals surface area contributed by atoms with E-state index in [-0.39, 0.29) is 29.6 Å². The van der Waals surface area contributed by atoms with Crippen molar-refractivity contribution in [3.8, 4) is 5.75 Å². The van der Waals surface area contributed by atoms with Gasteiger partial charge in [0, 0.05) is 46.2 Å². The Bertz CT molecular complexity index is 242. The van der Waals surface area contributed by atoms with Gasteiger partial charge >= 0.3 is 0 Å². The molecule has 55 valence electrons. The fourth-order valence-electron chi connectivity index (χ4n) is 0.660. The fourth-order valence-corrected chi connectivity index (χ4v) is 0.799. The van der Waals surface area contributed by atoms with E-state index in [0.717, 1.165) is 10.6 Å². The zero-order valence-electron chi connectivity index (χ0n) is 6.66. The number of hydrogen-bond donors (Lipinski definition) is 2. The predicted molar refractivity (Wildman–Crippen MR) is 50.4 cm³/mol. The minimum atomic E-state index is 0. The van der Waals surface area contributed by atoms with E-state index in [4.69, 9.17) is 10.5 Å². The molecule has 0 saturated heterocycles. The normalized spacial score (nSPS) is 8.55. The SMILES string of the molecule is COc1ccc(S)c(N)c1.[Na]. The van der Waals surface area contributed by atoms with Crippen LogP contribution in [-0.4, -0.2) is 36.7 Å². The summed E-state index contributed by atoms with van der Waals surface area (Å²) in [6.45, 7) is 0. The van der Waals surface area contributed by atoms with Crippen molar-refractivity contribution in [2.75, 3.05) is 12.8 Å². The maximum absolute atomic E-state index is 5.54. The Hall–Kier alpha value is 0.170. The summed E-state index contributed by atoms with van der Waals surface area (Å²) in [5.74, 6) is 0.760. The van der Waals surface area contributed by atoms with E-state index in [1.165, 1.54) is 0 Å². The first kappa shape index (κ1) is 11.2. The fraction of sp³-hybridized carbons (Fsp3) is 0.143. The molecule has 0 aliphatic heterocycles. The zero-order valence-corrected chi connectivity index (χ0v) is 9.56. The van der Waals surface area contributed by atoms with Gasteiger partial charge in [-0.1, -0.05) is 0 Å². The van der Waals surface area contributed by atoms with Crippen LogP contribution in [0.15, 0.2) is 23.1 Å². The summed E-state index contributed by atoms with van der Waals surface area (Å²) in [5.41, 5.74) is 6.18. The second-order valence-electron chi connectivity index (χ2n) is 1.92. The molecule has 0 spiro atoms. The molecule has 0 unspecified atom stereocenters. The second-order valence-corrected chi connectivity index (χ2v) is 2.41. The summed E-state index contributed by atoms with van der Waals surface area (Å²) < 4.78 is 4.94. The van der Waals surface area contributed by atoms with E-state index in [1.54, 1.807) is 19.2 Å². The number of anilines is 1. The summed E-state index contributed by atoms with van der Waals surface area (Å²) in [6.07, 6.45) is 0. The molecule has 0 bridgehead atoms. The molecule has 11 heavy (non-hydrogen) atoms. The summed E-state index contributed by atoms with van der Waals surface area (Å²) >= 11 is 4.10. The molecule has 2 N–H and O–H groups in total. The van der Waals surface area contributed by atoms with Crippen molar-refractivity contribution in [3.05, 3.63) is 18.2 Å². The van der Waals surface area contributed by atoms with Crippen LogP contribution in [0.1, 0.15) is 0 Å². The van der Waals surface area contributed by atoms with E-state index in [1.807, 2.05) is 6.07 Å². The van der Waals surface area contributed by atoms with E-state index in [0.29, 0.717) is 5.69 Å². The molecule has 4 heteroatoms. The van der Waals surface area contributed by atoms with E-state index >= 15 is 0 Å². The van der Waals surface area contributed by atoms with Gasteiger partial charge in [0.05, 0.1) is 7.11 Å². The van der Waals surface area contributed by atoms with Crippen molar-refractivity contribution >= 4 is 47.9 Å². The second kappa shape index (κ2) is 4.93. The molecule has 0 heterocycles. The topological polar surface area (TPSA) is 35.2 Å². The first-order valence-corrected chi connectivity index (χ1v) is 3.31. The van der Waals surface area contributed by atoms with Crippen LogP contribution < -0.4 is 10.5 Å². The van der Waals surface area contributed by atoms with Gasteiger partial charge in [-0.2, -0.15) is 0 Å². The minimum absolute atomic E-state index is 0. The number of methoxy groups -OCH3 is 1. The summed E-state index contributed by atoms with van der Waals surface area (Å²) in [7, 11) is 1.60. The van der Waals surface area contributed by atoms with Crippen LogP contribution in [0, 0.1) is 0 Å². The quantitative estimate of drug-likeness (QED) is 0.385. The van der Waals surface area contributed by atoms with Crippen LogP contribution in [0.25, 0.3) is 0 Å². The molecule has 1 rings (SSSR count). The number of thiol groups is 1. The molecule has 1 aromatic rings. The Morgan fingerprint density at radius 3 is 2.55 bits per heavy atom. The molecule has 2 nitrogen and oxygen atoms in total. The van der Waals surface area contributed by atoms with Gasteiger partial charge in [-0.15, -0.1) is 12.6 Å². The largest absolute Gasteiger partial charge is 0.497 e. The Kier molecular flexibility index (Phi) is 5.01. The van der Waals surface area contributed by atoms with Crippen LogP contribution in [0.3, 0.4) is 0 Å². The molecule has 1 aromatic carbocycles. The summed E-state index contributed by atoms with van der Waals surface area (Å²) in [5, 5.41) is 0. The van der Waals surface area contributed by atoms with Crippen molar-refractivity contribution in [2.45, 2.75) is 4.90 Å². The third-order valence-electron chi connectivity index (χ3n) is 1.23. The Morgan fingerprint density at radius 2 is 2.09 bits per heavy atom. The van der Waals surface area contributed by atoms with E-state index in [2.05, 4.69) is 12.6 Å². The smallest absolute Gasteiger partial charge is 0.120 e. The maximum atomic E-state index is 5.54. The molecule has 0 saturated carbocycles. The molecule has 0 aliphatic carbocycles. The van der Waals surface area contributed by atoms with Gasteiger partial charge in [-0.05, 0) is 12.1 Å². The molecule has 0 fully saturated rings. The Labute approximate surface area is 93.8 Å². The number of ether oxygens (including phenoxy) is 1. The number of nitrogen functional groups attached to an aromatic ring is 1. The number of nitrogens with two attached hydrogens (primary N) is 1. The number of hydrogen-bond acceptors (Lipinski definition) is 3. The summed E-state index contributed by atoms with van der Waals surface area (Å²) in [4.78, 5) is 0.779. The molecule has 0 aromatic heterocycles. The van der Waals surface area contributed by atoms with Crippen LogP contribution in [0.5, 0.6) is 5.75 Å². The first-order chi connectivity index (χ1) is 4.74. The third kappa shape index (κ3) is 2.95. The van der Waals surface area contributed by atoms with Gasteiger partial charge in [-0.25, -0.2) is 0 Å². The van der Waals surface area contributed by atoms with Crippen molar-refractivity contribution in [2.24, 2.45) is 0 Å². The average molecular weight is 178 g/mol. The predicted octanol–water partition coefficient (Wildman–Crippen LogP) is 1.19. The third-order valence-corrected chi connectivity index (χ3v) is 1.64. The van der Waals surface area contributed by atoms with Crippen molar-refractivity contribution < 1.29 is 4.74 Å². The van der Waals surface area contributed by atoms with Gasteiger partial charge in [0.25, 0.3) is 0 Å². The standard InChI is InChI=1S/C7H9NOS.Na/c1-9-5-2-3-7(10)6(8)4-5;/h2-4,10H,8H2,1H3;. The Morgan fingerprint density at radius 1 is 1.45 bits per heavy atom. The van der Waals surface area contributed by atoms with Gasteiger partial charge < -0.3 is 10.5 Å². The molecule has 1 radical (unpaired) electrons. The van der Waals surface area contributed by atoms with Gasteiger partial charge in [0.15, 0.2) is 0 Å². The van der Waals surface area contributed by atoms with Crippen LogP contribution in [0.4, 0.5) is 5.69 Å². The zero-order chi connectivity index (χ0) is 7.56. The molecular weight excluding hydrogens is 169 g/mol. The van der Waals surface area contributed by atoms with Gasteiger partial charge in [0.1, 0.15) is 5.75 Å². The van der Waals surface area contributed by atoms with Crippen molar-refractivity contribution in [1.29, 1.82) is 0 Å². The molecule has 0 amide bonds. The van der Waals surface area contributed by atoms with E-state index in [9.17, 15) is 0 Å². The summed E-state index contributed by atoms with van der Waals surface area (Å²) in [6, 6.07) is 5.36. The van der Waals surface area contributed by atoms with Gasteiger partial charge in [-0.3, -0.25) is 0 Å². The van der Waals surface area contributed by atoms with Crippen molar-refractivity contribution in [1.82, 2.24) is 0 Å². The monoisotopic (exact) mass is 178 g/mol. The minimum Gasteiger partial charge on any atom is -0.497 e. The maximum Gasteiger partial charge on any atom is 0.120 e. The van der Waals surface area contributed by atoms with Gasteiger partial charge in [0.2, 0.25) is 0 Å². The van der Waals surface area contributed by atoms with Crippen LogP contribution in [0.2, 0.25) is 0 Å². The number of rotatable bonds is 1. The van der Waals surface area contributed by atoms with Crippen LogP contribution >= 0.6 is 12.6 Å². The van der Waals surface area contributed by atoms with Crippen molar-refractivity contribution in [3.63, 3.8) is 0 Å². The van der Waals surface area contributed by atoms with E-state index < -0.39 is 0 Å².